The molecule has 0 saturated heterocycles. The number of aliphatic hydroxyl groups is 1. The molecule has 2 rings (SSSR count). The van der Waals surface area contributed by atoms with Crippen LogP contribution in [0.3, 0.4) is 0 Å². The van der Waals surface area contributed by atoms with Gasteiger partial charge in [0.1, 0.15) is 5.82 Å². The third kappa shape index (κ3) is 3.53. The van der Waals surface area contributed by atoms with Gasteiger partial charge in [0.05, 0.1) is 12.1 Å². The van der Waals surface area contributed by atoms with Crippen molar-refractivity contribution in [1.29, 1.82) is 0 Å². The summed E-state index contributed by atoms with van der Waals surface area (Å²) in [6.07, 6.45) is -0.347. The van der Waals surface area contributed by atoms with Crippen molar-refractivity contribution < 1.29 is 9.50 Å². The number of rotatable bonds is 4. The Morgan fingerprint density at radius 3 is 2.47 bits per heavy atom. The maximum atomic E-state index is 13.0. The molecule has 0 unspecified atom stereocenters. The minimum absolute atomic E-state index is 0.236. The van der Waals surface area contributed by atoms with Crippen LogP contribution in [0, 0.1) is 5.82 Å². The molecule has 19 heavy (non-hydrogen) atoms. The summed E-state index contributed by atoms with van der Waals surface area (Å²) < 4.78 is 13.0. The molecule has 2 aromatic rings. The van der Waals surface area contributed by atoms with Gasteiger partial charge in [-0.3, -0.25) is 0 Å². The largest absolute Gasteiger partial charge is 0.391 e. The lowest BCUT2D eigenvalue weighted by atomic mass is 9.97. The Hall–Kier alpha value is -1.42. The minimum Gasteiger partial charge on any atom is -0.391 e. The number of hydrogen-bond acceptors (Lipinski definition) is 2. The fraction of sp³-hybridized carbons (Fsp3) is 0.200. The molecule has 0 aromatic heterocycles. The molecule has 0 radical (unpaired) electrons. The average molecular weight is 280 g/mol. The fourth-order valence-corrected chi connectivity index (χ4v) is 2.25. The Morgan fingerprint density at radius 1 is 1.16 bits per heavy atom. The predicted octanol–water partition coefficient (Wildman–Crippen LogP) is 3.08. The molecule has 0 aliphatic carbocycles. The Morgan fingerprint density at radius 2 is 1.84 bits per heavy atom. The second kappa shape index (κ2) is 6.15. The minimum atomic E-state index is -0.773. The summed E-state index contributed by atoms with van der Waals surface area (Å²) in [6, 6.07) is 12.9. The van der Waals surface area contributed by atoms with Gasteiger partial charge in [0.15, 0.2) is 0 Å². The van der Waals surface area contributed by atoms with Gasteiger partial charge in [-0.2, -0.15) is 0 Å². The van der Waals surface area contributed by atoms with Crippen LogP contribution >= 0.6 is 11.6 Å². The van der Waals surface area contributed by atoms with E-state index in [0.717, 1.165) is 5.56 Å². The highest BCUT2D eigenvalue weighted by Gasteiger charge is 2.19. The molecule has 4 heteroatoms. The Kier molecular flexibility index (Phi) is 4.53. The molecule has 0 fully saturated rings. The molecular weight excluding hydrogens is 265 g/mol. The van der Waals surface area contributed by atoms with Crippen LogP contribution in [-0.4, -0.2) is 11.2 Å². The van der Waals surface area contributed by atoms with E-state index in [1.165, 1.54) is 18.2 Å². The van der Waals surface area contributed by atoms with E-state index in [1.54, 1.807) is 0 Å². The molecule has 0 bridgehead atoms. The molecule has 0 saturated carbocycles. The van der Waals surface area contributed by atoms with Crippen LogP contribution in [-0.2, 0) is 6.42 Å². The number of halogens is 2. The fourth-order valence-electron chi connectivity index (χ4n) is 1.96. The third-order valence-corrected chi connectivity index (χ3v) is 3.35. The molecule has 2 aromatic carbocycles. The molecule has 3 N–H and O–H groups in total. The van der Waals surface area contributed by atoms with Gasteiger partial charge < -0.3 is 10.8 Å². The van der Waals surface area contributed by atoms with Crippen LogP contribution in [0.5, 0.6) is 0 Å². The topological polar surface area (TPSA) is 46.2 Å². The molecular formula is C15H15ClFNO. The van der Waals surface area contributed by atoms with Crippen molar-refractivity contribution in [1.82, 2.24) is 0 Å². The van der Waals surface area contributed by atoms with E-state index >= 15 is 0 Å². The maximum Gasteiger partial charge on any atom is 0.124 e. The van der Waals surface area contributed by atoms with E-state index in [1.807, 2.05) is 30.3 Å². The average Bonchev–Trinajstić information content (AvgIpc) is 2.39. The molecule has 2 nitrogen and oxygen atoms in total. The second-order valence-corrected chi connectivity index (χ2v) is 4.86. The van der Waals surface area contributed by atoms with Gasteiger partial charge in [0.2, 0.25) is 0 Å². The van der Waals surface area contributed by atoms with Gasteiger partial charge in [-0.15, -0.1) is 0 Å². The summed E-state index contributed by atoms with van der Waals surface area (Å²) >= 11 is 5.94. The standard InChI is InChI=1S/C15H15ClFNO/c16-13-9-11(17)6-7-12(13)15(18)14(19)8-10-4-2-1-3-5-10/h1-7,9,14-15,19H,8,18H2/t14-,15+/m0/s1. The molecule has 0 spiro atoms. The van der Waals surface area contributed by atoms with Crippen molar-refractivity contribution in [2.45, 2.75) is 18.6 Å². The first-order chi connectivity index (χ1) is 9.08. The molecule has 2 atom stereocenters. The molecule has 0 amide bonds. The van der Waals surface area contributed by atoms with Crippen molar-refractivity contribution in [2.75, 3.05) is 0 Å². The maximum absolute atomic E-state index is 13.0. The van der Waals surface area contributed by atoms with Crippen LogP contribution in [0.15, 0.2) is 48.5 Å². The van der Waals surface area contributed by atoms with E-state index in [4.69, 9.17) is 17.3 Å². The quantitative estimate of drug-likeness (QED) is 0.903. The van der Waals surface area contributed by atoms with Crippen molar-refractivity contribution in [3.8, 4) is 0 Å². The van der Waals surface area contributed by atoms with Gasteiger partial charge in [0, 0.05) is 11.4 Å². The second-order valence-electron chi connectivity index (χ2n) is 4.45. The smallest absolute Gasteiger partial charge is 0.124 e. The van der Waals surface area contributed by atoms with E-state index in [2.05, 4.69) is 0 Å². The van der Waals surface area contributed by atoms with E-state index in [-0.39, 0.29) is 5.02 Å². The summed E-state index contributed by atoms with van der Waals surface area (Å²) in [4.78, 5) is 0. The number of hydrogen-bond donors (Lipinski definition) is 2. The van der Waals surface area contributed by atoms with E-state index in [9.17, 15) is 9.50 Å². The first-order valence-corrected chi connectivity index (χ1v) is 6.38. The van der Waals surface area contributed by atoms with Gasteiger partial charge in [-0.25, -0.2) is 4.39 Å². The van der Waals surface area contributed by atoms with Crippen LogP contribution in [0.1, 0.15) is 17.2 Å². The summed E-state index contributed by atoms with van der Waals surface area (Å²) in [5, 5.41) is 10.4. The van der Waals surface area contributed by atoms with Gasteiger partial charge in [-0.05, 0) is 23.3 Å². The lowest BCUT2D eigenvalue weighted by molar-refractivity contribution is 0.145. The van der Waals surface area contributed by atoms with Crippen LogP contribution in [0.2, 0.25) is 5.02 Å². The van der Waals surface area contributed by atoms with Gasteiger partial charge in [0.25, 0.3) is 0 Å². The van der Waals surface area contributed by atoms with E-state index in [0.29, 0.717) is 12.0 Å². The number of benzene rings is 2. The highest BCUT2D eigenvalue weighted by atomic mass is 35.5. The van der Waals surface area contributed by atoms with Crippen molar-refractivity contribution >= 4 is 11.6 Å². The molecule has 0 heterocycles. The van der Waals surface area contributed by atoms with E-state index < -0.39 is 18.0 Å². The summed E-state index contributed by atoms with van der Waals surface area (Å²) in [5.74, 6) is -0.418. The summed E-state index contributed by atoms with van der Waals surface area (Å²) in [6.45, 7) is 0. The number of nitrogens with two attached hydrogens (primary N) is 1. The van der Waals surface area contributed by atoms with Crippen LogP contribution in [0.4, 0.5) is 4.39 Å². The van der Waals surface area contributed by atoms with Crippen molar-refractivity contribution in [3.05, 3.63) is 70.5 Å². The molecule has 0 aliphatic heterocycles. The lowest BCUT2D eigenvalue weighted by Gasteiger charge is -2.20. The van der Waals surface area contributed by atoms with Crippen LogP contribution < -0.4 is 5.73 Å². The Balaban J connectivity index is 2.12. The first kappa shape index (κ1) is 14.0. The third-order valence-electron chi connectivity index (χ3n) is 3.02. The first-order valence-electron chi connectivity index (χ1n) is 6.00. The summed E-state index contributed by atoms with van der Waals surface area (Å²) in [5.41, 5.74) is 7.52. The molecule has 0 aliphatic rings. The molecule has 100 valence electrons. The van der Waals surface area contributed by atoms with Crippen molar-refractivity contribution in [2.24, 2.45) is 5.73 Å². The zero-order chi connectivity index (χ0) is 13.8. The highest BCUT2D eigenvalue weighted by molar-refractivity contribution is 6.31. The van der Waals surface area contributed by atoms with Gasteiger partial charge in [-0.1, -0.05) is 48.0 Å². The van der Waals surface area contributed by atoms with Crippen LogP contribution in [0.25, 0.3) is 0 Å². The SMILES string of the molecule is N[C@H](c1ccc(F)cc1Cl)[C@@H](O)Cc1ccccc1. The lowest BCUT2D eigenvalue weighted by Crippen LogP contribution is -2.28. The monoisotopic (exact) mass is 279 g/mol. The summed E-state index contributed by atoms with van der Waals surface area (Å²) in [7, 11) is 0. The zero-order valence-electron chi connectivity index (χ0n) is 10.3. The normalized spacial score (nSPS) is 14.1. The number of aliphatic hydroxyl groups excluding tert-OH is 1. The van der Waals surface area contributed by atoms with Gasteiger partial charge >= 0.3 is 0 Å². The Bertz CT molecular complexity index is 547. The highest BCUT2D eigenvalue weighted by Crippen LogP contribution is 2.25. The Labute approximate surface area is 116 Å². The predicted molar refractivity (Wildman–Crippen MR) is 74.5 cm³/mol. The zero-order valence-corrected chi connectivity index (χ0v) is 11.0. The van der Waals surface area contributed by atoms with Crippen molar-refractivity contribution in [3.63, 3.8) is 0 Å².